The third-order valence-corrected chi connectivity index (χ3v) is 2.71. The fourth-order valence-corrected chi connectivity index (χ4v) is 1.55. The zero-order chi connectivity index (χ0) is 14.1. The van der Waals surface area contributed by atoms with Crippen LogP contribution >= 0.6 is 0 Å². The Morgan fingerprint density at radius 2 is 2.05 bits per heavy atom. The molecule has 0 unspecified atom stereocenters. The summed E-state index contributed by atoms with van der Waals surface area (Å²) < 4.78 is 5.03. The van der Waals surface area contributed by atoms with Gasteiger partial charge in [0.15, 0.2) is 0 Å². The van der Waals surface area contributed by atoms with Crippen LogP contribution in [0.1, 0.15) is 12.7 Å². The van der Waals surface area contributed by atoms with Gasteiger partial charge in [-0.2, -0.15) is 0 Å². The molecule has 0 aromatic carbocycles. The van der Waals surface area contributed by atoms with Gasteiger partial charge in [-0.3, -0.25) is 0 Å². The van der Waals surface area contributed by atoms with E-state index in [1.165, 1.54) is 0 Å². The van der Waals surface area contributed by atoms with E-state index in [-0.39, 0.29) is 0 Å². The summed E-state index contributed by atoms with van der Waals surface area (Å²) >= 11 is 0. The molecule has 0 aliphatic heterocycles. The van der Waals surface area contributed by atoms with Crippen molar-refractivity contribution >= 4 is 11.6 Å². The highest BCUT2D eigenvalue weighted by Crippen LogP contribution is 2.10. The number of aromatic nitrogens is 2. The van der Waals surface area contributed by atoms with Crippen molar-refractivity contribution in [2.75, 3.05) is 51.1 Å². The van der Waals surface area contributed by atoms with Crippen LogP contribution < -0.4 is 16.6 Å². The molecule has 0 spiro atoms. The van der Waals surface area contributed by atoms with E-state index in [4.69, 9.17) is 10.6 Å². The summed E-state index contributed by atoms with van der Waals surface area (Å²) in [5.74, 6) is 7.57. The van der Waals surface area contributed by atoms with Crippen molar-refractivity contribution in [2.24, 2.45) is 5.84 Å². The van der Waals surface area contributed by atoms with Gasteiger partial charge in [0, 0.05) is 39.2 Å². The first-order valence-electron chi connectivity index (χ1n) is 6.45. The molecule has 0 aliphatic carbocycles. The lowest BCUT2D eigenvalue weighted by Crippen LogP contribution is -2.28. The number of methoxy groups -OCH3 is 1. The van der Waals surface area contributed by atoms with Crippen LogP contribution in [0.2, 0.25) is 0 Å². The minimum atomic E-state index is 0.627. The first kappa shape index (κ1) is 15.6. The predicted molar refractivity (Wildman–Crippen MR) is 77.1 cm³/mol. The predicted octanol–water partition coefficient (Wildman–Crippen LogP) is 0.315. The molecule has 108 valence electrons. The molecule has 1 rings (SSSR count). The molecular formula is C12H24N6O. The molecule has 0 fully saturated rings. The van der Waals surface area contributed by atoms with Crippen molar-refractivity contribution in [3.63, 3.8) is 0 Å². The largest absolute Gasteiger partial charge is 0.383 e. The second-order valence-electron chi connectivity index (χ2n) is 4.28. The van der Waals surface area contributed by atoms with Crippen LogP contribution in [-0.4, -0.2) is 55.3 Å². The number of anilines is 2. The summed E-state index contributed by atoms with van der Waals surface area (Å²) in [6.45, 7) is 5.39. The first-order chi connectivity index (χ1) is 9.19. The van der Waals surface area contributed by atoms with E-state index in [9.17, 15) is 0 Å². The number of hydrogen-bond donors (Lipinski definition) is 3. The van der Waals surface area contributed by atoms with Crippen molar-refractivity contribution in [3.05, 3.63) is 11.9 Å². The Balaban J connectivity index is 2.44. The molecule has 19 heavy (non-hydrogen) atoms. The molecule has 0 saturated carbocycles. The standard InChI is InChI=1S/C12H24N6O/c1-4-10-15-11(9-12(16-10)17-13)14-5-6-18(2)7-8-19-3/h9H,4-8,13H2,1-3H3,(H2,14,15,16,17). The van der Waals surface area contributed by atoms with E-state index >= 15 is 0 Å². The minimum Gasteiger partial charge on any atom is -0.383 e. The molecule has 0 atom stereocenters. The van der Waals surface area contributed by atoms with Crippen molar-refractivity contribution in [2.45, 2.75) is 13.3 Å². The molecule has 7 nitrogen and oxygen atoms in total. The van der Waals surface area contributed by atoms with E-state index in [0.29, 0.717) is 5.82 Å². The Bertz CT molecular complexity index is 351. The number of ether oxygens (including phenoxy) is 1. The zero-order valence-corrected chi connectivity index (χ0v) is 11.9. The number of rotatable bonds is 9. The van der Waals surface area contributed by atoms with Crippen molar-refractivity contribution in [1.82, 2.24) is 14.9 Å². The first-order valence-corrected chi connectivity index (χ1v) is 6.45. The quantitative estimate of drug-likeness (QED) is 0.439. The Morgan fingerprint density at radius 3 is 2.68 bits per heavy atom. The van der Waals surface area contributed by atoms with Crippen molar-refractivity contribution in [3.8, 4) is 0 Å². The fraction of sp³-hybridized carbons (Fsp3) is 0.667. The van der Waals surface area contributed by atoms with Gasteiger partial charge >= 0.3 is 0 Å². The highest BCUT2D eigenvalue weighted by molar-refractivity contribution is 5.46. The smallest absolute Gasteiger partial charge is 0.145 e. The monoisotopic (exact) mass is 268 g/mol. The normalized spacial score (nSPS) is 10.8. The molecule has 1 heterocycles. The third kappa shape index (κ3) is 5.82. The number of likely N-dealkylation sites (N-methyl/N-ethyl adjacent to an activating group) is 1. The van der Waals surface area contributed by atoms with Gasteiger partial charge in [-0.05, 0) is 7.05 Å². The van der Waals surface area contributed by atoms with Crippen LogP contribution in [0.4, 0.5) is 11.6 Å². The molecule has 0 radical (unpaired) electrons. The van der Waals surface area contributed by atoms with Crippen LogP contribution in [0.3, 0.4) is 0 Å². The van der Waals surface area contributed by atoms with Crippen LogP contribution in [-0.2, 0) is 11.2 Å². The summed E-state index contributed by atoms with van der Waals surface area (Å²) in [6, 6.07) is 1.80. The summed E-state index contributed by atoms with van der Waals surface area (Å²) in [5, 5.41) is 3.27. The average molecular weight is 268 g/mol. The molecule has 1 aromatic rings. The van der Waals surface area contributed by atoms with Gasteiger partial charge in [0.05, 0.1) is 6.61 Å². The van der Waals surface area contributed by atoms with Gasteiger partial charge in [-0.25, -0.2) is 15.8 Å². The van der Waals surface area contributed by atoms with Crippen LogP contribution in [0.25, 0.3) is 0 Å². The summed E-state index contributed by atoms with van der Waals surface area (Å²) in [7, 11) is 3.77. The van der Waals surface area contributed by atoms with E-state index in [0.717, 1.165) is 44.3 Å². The SMILES string of the molecule is CCc1nc(NN)cc(NCCN(C)CCOC)n1. The third-order valence-electron chi connectivity index (χ3n) is 2.71. The summed E-state index contributed by atoms with van der Waals surface area (Å²) in [4.78, 5) is 10.8. The summed E-state index contributed by atoms with van der Waals surface area (Å²) in [6.07, 6.45) is 0.776. The lowest BCUT2D eigenvalue weighted by molar-refractivity contribution is 0.163. The number of hydrogen-bond acceptors (Lipinski definition) is 7. The second-order valence-corrected chi connectivity index (χ2v) is 4.28. The highest BCUT2D eigenvalue weighted by atomic mass is 16.5. The van der Waals surface area contributed by atoms with Gasteiger partial charge in [-0.1, -0.05) is 6.92 Å². The average Bonchev–Trinajstić information content (AvgIpc) is 2.44. The number of hydrazine groups is 1. The van der Waals surface area contributed by atoms with Crippen molar-refractivity contribution < 1.29 is 4.74 Å². The van der Waals surface area contributed by atoms with Gasteiger partial charge < -0.3 is 20.4 Å². The Morgan fingerprint density at radius 1 is 1.32 bits per heavy atom. The molecule has 1 aromatic heterocycles. The Kier molecular flexibility index (Phi) is 7.09. The van der Waals surface area contributed by atoms with Crippen molar-refractivity contribution in [1.29, 1.82) is 0 Å². The molecule has 0 aliphatic rings. The number of nitrogens with zero attached hydrogens (tertiary/aromatic N) is 3. The topological polar surface area (TPSA) is 88.3 Å². The lowest BCUT2D eigenvalue weighted by Gasteiger charge is -2.16. The lowest BCUT2D eigenvalue weighted by atomic mass is 10.4. The molecule has 4 N–H and O–H groups in total. The van der Waals surface area contributed by atoms with E-state index in [1.807, 2.05) is 6.92 Å². The maximum absolute atomic E-state index is 5.38. The Labute approximate surface area is 114 Å². The Hall–Kier alpha value is -1.44. The van der Waals surface area contributed by atoms with Gasteiger partial charge in [-0.15, -0.1) is 0 Å². The van der Waals surface area contributed by atoms with Gasteiger partial charge in [0.2, 0.25) is 0 Å². The minimum absolute atomic E-state index is 0.627. The molecule has 0 bridgehead atoms. The van der Waals surface area contributed by atoms with E-state index in [1.54, 1.807) is 13.2 Å². The van der Waals surface area contributed by atoms with Crippen LogP contribution in [0.5, 0.6) is 0 Å². The number of nitrogens with two attached hydrogens (primary N) is 1. The molecule has 7 heteroatoms. The number of nitrogen functional groups attached to an aromatic ring is 1. The van der Waals surface area contributed by atoms with Crippen LogP contribution in [0.15, 0.2) is 6.07 Å². The van der Waals surface area contributed by atoms with E-state index in [2.05, 4.69) is 32.7 Å². The fourth-order valence-electron chi connectivity index (χ4n) is 1.55. The van der Waals surface area contributed by atoms with E-state index < -0.39 is 0 Å². The number of nitrogens with one attached hydrogen (secondary N) is 2. The highest BCUT2D eigenvalue weighted by Gasteiger charge is 2.03. The zero-order valence-electron chi connectivity index (χ0n) is 11.9. The molecular weight excluding hydrogens is 244 g/mol. The maximum atomic E-state index is 5.38. The number of aryl methyl sites for hydroxylation is 1. The molecule has 0 amide bonds. The van der Waals surface area contributed by atoms with Gasteiger partial charge in [0.25, 0.3) is 0 Å². The second kappa shape index (κ2) is 8.63. The molecule has 0 saturated heterocycles. The van der Waals surface area contributed by atoms with Gasteiger partial charge in [0.1, 0.15) is 17.5 Å². The van der Waals surface area contributed by atoms with Crippen LogP contribution in [0, 0.1) is 0 Å². The summed E-state index contributed by atoms with van der Waals surface area (Å²) in [5.41, 5.74) is 2.55. The maximum Gasteiger partial charge on any atom is 0.145 e.